The summed E-state index contributed by atoms with van der Waals surface area (Å²) in [7, 11) is 0. The van der Waals surface area contributed by atoms with Crippen molar-refractivity contribution in [3.8, 4) is 0 Å². The lowest BCUT2D eigenvalue weighted by Gasteiger charge is -2.21. The van der Waals surface area contributed by atoms with Gasteiger partial charge in [0.25, 0.3) is 0 Å². The lowest BCUT2D eigenvalue weighted by molar-refractivity contribution is -0.125. The fourth-order valence-corrected chi connectivity index (χ4v) is 2.92. The van der Waals surface area contributed by atoms with Crippen LogP contribution in [0.4, 0.5) is 0 Å². The normalized spacial score (nSPS) is 28.8. The Morgan fingerprint density at radius 1 is 1.39 bits per heavy atom. The van der Waals surface area contributed by atoms with Gasteiger partial charge in [0.1, 0.15) is 0 Å². The molecular weight excluding hydrogens is 224 g/mol. The number of hydrogen-bond donors (Lipinski definition) is 1. The van der Waals surface area contributed by atoms with Gasteiger partial charge < -0.3 is 10.2 Å². The number of nitrogens with zero attached hydrogens (tertiary/aromatic N) is 1. The van der Waals surface area contributed by atoms with Gasteiger partial charge in [0.2, 0.25) is 5.91 Å². The standard InChI is InChI=1S/C15H26N2O/c1-12(2)17-9-8-13(11-17)10-16-15(18)14-6-4-3-5-7-14/h3-4,12-14H,5-11H2,1-2H3,(H,16,18). The van der Waals surface area contributed by atoms with E-state index in [1.165, 1.54) is 13.0 Å². The highest BCUT2D eigenvalue weighted by molar-refractivity contribution is 5.78. The van der Waals surface area contributed by atoms with E-state index in [2.05, 4.69) is 36.2 Å². The highest BCUT2D eigenvalue weighted by Crippen LogP contribution is 2.20. The molecule has 2 atom stereocenters. The average Bonchev–Trinajstić information content (AvgIpc) is 2.86. The molecule has 0 aromatic rings. The zero-order chi connectivity index (χ0) is 13.0. The Labute approximate surface area is 111 Å². The first-order valence-corrected chi connectivity index (χ1v) is 7.33. The maximum atomic E-state index is 12.0. The van der Waals surface area contributed by atoms with Crippen LogP contribution in [0, 0.1) is 11.8 Å². The molecule has 0 aromatic heterocycles. The summed E-state index contributed by atoms with van der Waals surface area (Å²) in [5, 5.41) is 3.15. The Kier molecular flexibility index (Phi) is 4.81. The van der Waals surface area contributed by atoms with Gasteiger partial charge in [-0.2, -0.15) is 0 Å². The van der Waals surface area contributed by atoms with Gasteiger partial charge in [0, 0.05) is 25.0 Å². The second-order valence-electron chi connectivity index (χ2n) is 5.97. The van der Waals surface area contributed by atoms with E-state index in [0.717, 1.165) is 32.4 Å². The van der Waals surface area contributed by atoms with E-state index in [1.54, 1.807) is 0 Å². The number of carbonyl (C=O) groups is 1. The van der Waals surface area contributed by atoms with Crippen LogP contribution in [0.3, 0.4) is 0 Å². The molecule has 2 rings (SSSR count). The molecule has 102 valence electrons. The minimum Gasteiger partial charge on any atom is -0.356 e. The Hall–Kier alpha value is -0.830. The van der Waals surface area contributed by atoms with E-state index >= 15 is 0 Å². The van der Waals surface area contributed by atoms with Crippen molar-refractivity contribution in [1.82, 2.24) is 10.2 Å². The van der Waals surface area contributed by atoms with Gasteiger partial charge >= 0.3 is 0 Å². The molecule has 2 unspecified atom stereocenters. The van der Waals surface area contributed by atoms with Crippen LogP contribution in [0.5, 0.6) is 0 Å². The summed E-state index contributed by atoms with van der Waals surface area (Å²) in [6.45, 7) is 7.68. The number of likely N-dealkylation sites (tertiary alicyclic amines) is 1. The predicted molar refractivity (Wildman–Crippen MR) is 74.3 cm³/mol. The maximum absolute atomic E-state index is 12.0. The molecule has 0 aromatic carbocycles. The molecule has 1 saturated heterocycles. The van der Waals surface area contributed by atoms with Crippen molar-refractivity contribution < 1.29 is 4.79 Å². The number of allylic oxidation sites excluding steroid dienone is 2. The van der Waals surface area contributed by atoms with Crippen molar-refractivity contribution in [2.45, 2.75) is 45.6 Å². The summed E-state index contributed by atoms with van der Waals surface area (Å²) in [5.41, 5.74) is 0. The van der Waals surface area contributed by atoms with Crippen LogP contribution in [0.2, 0.25) is 0 Å². The largest absolute Gasteiger partial charge is 0.356 e. The number of hydrogen-bond acceptors (Lipinski definition) is 2. The van der Waals surface area contributed by atoms with Gasteiger partial charge in [-0.25, -0.2) is 0 Å². The summed E-state index contributed by atoms with van der Waals surface area (Å²) >= 11 is 0. The Bertz CT molecular complexity index is 312. The molecule has 2 aliphatic rings. The van der Waals surface area contributed by atoms with Crippen molar-refractivity contribution in [3.63, 3.8) is 0 Å². The molecule has 0 spiro atoms. The van der Waals surface area contributed by atoms with Crippen LogP contribution in [-0.2, 0) is 4.79 Å². The first-order valence-electron chi connectivity index (χ1n) is 7.33. The Balaban J connectivity index is 1.69. The maximum Gasteiger partial charge on any atom is 0.223 e. The number of carbonyl (C=O) groups excluding carboxylic acids is 1. The molecule has 0 radical (unpaired) electrons. The van der Waals surface area contributed by atoms with Crippen LogP contribution in [-0.4, -0.2) is 36.5 Å². The quantitative estimate of drug-likeness (QED) is 0.776. The molecule has 1 aliphatic heterocycles. The highest BCUT2D eigenvalue weighted by atomic mass is 16.1. The van der Waals surface area contributed by atoms with Crippen molar-refractivity contribution in [1.29, 1.82) is 0 Å². The van der Waals surface area contributed by atoms with Crippen molar-refractivity contribution >= 4 is 5.91 Å². The van der Waals surface area contributed by atoms with E-state index in [4.69, 9.17) is 0 Å². The number of rotatable bonds is 4. The molecule has 18 heavy (non-hydrogen) atoms. The van der Waals surface area contributed by atoms with Crippen LogP contribution < -0.4 is 5.32 Å². The molecule has 0 saturated carbocycles. The molecule has 1 aliphatic carbocycles. The van der Waals surface area contributed by atoms with E-state index in [-0.39, 0.29) is 11.8 Å². The van der Waals surface area contributed by atoms with Gasteiger partial charge in [-0.3, -0.25) is 4.79 Å². The second kappa shape index (κ2) is 6.37. The van der Waals surface area contributed by atoms with Crippen LogP contribution in [0.1, 0.15) is 39.5 Å². The predicted octanol–water partition coefficient (Wildman–Crippen LogP) is 2.19. The van der Waals surface area contributed by atoms with Gasteiger partial charge in [-0.05, 0) is 52.0 Å². The molecule has 1 heterocycles. The van der Waals surface area contributed by atoms with Gasteiger partial charge in [0.15, 0.2) is 0 Å². The fourth-order valence-electron chi connectivity index (χ4n) is 2.92. The zero-order valence-corrected chi connectivity index (χ0v) is 11.7. The third-order valence-electron chi connectivity index (χ3n) is 4.25. The van der Waals surface area contributed by atoms with Gasteiger partial charge in [-0.1, -0.05) is 12.2 Å². The monoisotopic (exact) mass is 250 g/mol. The lowest BCUT2D eigenvalue weighted by Crippen LogP contribution is -2.36. The van der Waals surface area contributed by atoms with Gasteiger partial charge in [0.05, 0.1) is 0 Å². The van der Waals surface area contributed by atoms with Crippen LogP contribution >= 0.6 is 0 Å². The fraction of sp³-hybridized carbons (Fsp3) is 0.800. The minimum atomic E-state index is 0.220. The molecule has 1 amide bonds. The summed E-state index contributed by atoms with van der Waals surface area (Å²) < 4.78 is 0. The second-order valence-corrected chi connectivity index (χ2v) is 5.97. The van der Waals surface area contributed by atoms with E-state index in [1.807, 2.05) is 0 Å². The molecule has 0 bridgehead atoms. The van der Waals surface area contributed by atoms with Crippen molar-refractivity contribution in [3.05, 3.63) is 12.2 Å². The highest BCUT2D eigenvalue weighted by Gasteiger charge is 2.25. The average molecular weight is 250 g/mol. The Morgan fingerprint density at radius 3 is 2.83 bits per heavy atom. The van der Waals surface area contributed by atoms with E-state index in [0.29, 0.717) is 12.0 Å². The number of amides is 1. The topological polar surface area (TPSA) is 32.3 Å². The minimum absolute atomic E-state index is 0.220. The summed E-state index contributed by atoms with van der Waals surface area (Å²) in [4.78, 5) is 14.5. The first-order chi connectivity index (χ1) is 8.66. The van der Waals surface area contributed by atoms with Gasteiger partial charge in [-0.15, -0.1) is 0 Å². The molecule has 1 N–H and O–H groups in total. The Morgan fingerprint density at radius 2 is 2.22 bits per heavy atom. The van der Waals surface area contributed by atoms with Crippen LogP contribution in [0.15, 0.2) is 12.2 Å². The van der Waals surface area contributed by atoms with Crippen molar-refractivity contribution in [2.75, 3.05) is 19.6 Å². The third kappa shape index (κ3) is 3.58. The summed E-state index contributed by atoms with van der Waals surface area (Å²) in [6.07, 6.45) is 8.55. The molecule has 3 heteroatoms. The summed E-state index contributed by atoms with van der Waals surface area (Å²) in [5.74, 6) is 1.13. The molecule has 3 nitrogen and oxygen atoms in total. The van der Waals surface area contributed by atoms with E-state index < -0.39 is 0 Å². The molecular formula is C15H26N2O. The SMILES string of the molecule is CC(C)N1CCC(CNC(=O)C2CC=CCC2)C1. The number of nitrogens with one attached hydrogen (secondary N) is 1. The van der Waals surface area contributed by atoms with E-state index in [9.17, 15) is 4.79 Å². The first kappa shape index (κ1) is 13.6. The van der Waals surface area contributed by atoms with Crippen molar-refractivity contribution in [2.24, 2.45) is 11.8 Å². The lowest BCUT2D eigenvalue weighted by atomic mass is 9.93. The van der Waals surface area contributed by atoms with Crippen LogP contribution in [0.25, 0.3) is 0 Å². The zero-order valence-electron chi connectivity index (χ0n) is 11.7. The smallest absolute Gasteiger partial charge is 0.223 e. The summed E-state index contributed by atoms with van der Waals surface area (Å²) in [6, 6.07) is 0.634. The third-order valence-corrected chi connectivity index (χ3v) is 4.25. The molecule has 1 fully saturated rings.